The SMILES string of the molecule is CN(C)C(=O)c1ccc(N2CCC(CCCNC(=O)C3(c4ccccc4)OC3(F)C(F)(F)F)CC2)cc1Cl. The number of halogens is 5. The molecule has 2 unspecified atom stereocenters. The van der Waals surface area contributed by atoms with Gasteiger partial charge in [-0.05, 0) is 55.4 Å². The average Bonchev–Trinajstić information content (AvgIpc) is 3.55. The quantitative estimate of drug-likeness (QED) is 0.272. The van der Waals surface area contributed by atoms with E-state index in [1.165, 1.54) is 29.2 Å². The summed E-state index contributed by atoms with van der Waals surface area (Å²) in [7, 11) is 3.33. The molecule has 0 spiro atoms. The number of rotatable bonds is 8. The van der Waals surface area contributed by atoms with Crippen molar-refractivity contribution >= 4 is 29.1 Å². The third-order valence-corrected chi connectivity index (χ3v) is 7.53. The monoisotopic (exact) mass is 555 g/mol. The third kappa shape index (κ3) is 5.20. The van der Waals surface area contributed by atoms with Gasteiger partial charge in [-0.3, -0.25) is 9.59 Å². The van der Waals surface area contributed by atoms with Gasteiger partial charge >= 0.3 is 12.0 Å². The molecule has 0 bridgehead atoms. The molecule has 4 rings (SSSR count). The minimum atomic E-state index is -5.35. The predicted octanol–water partition coefficient (Wildman–Crippen LogP) is 5.31. The van der Waals surface area contributed by atoms with Crippen LogP contribution < -0.4 is 10.2 Å². The van der Waals surface area contributed by atoms with Gasteiger partial charge in [-0.1, -0.05) is 41.9 Å². The molecule has 11 heteroatoms. The zero-order chi connectivity index (χ0) is 27.7. The van der Waals surface area contributed by atoms with E-state index >= 15 is 0 Å². The highest BCUT2D eigenvalue weighted by molar-refractivity contribution is 6.34. The van der Waals surface area contributed by atoms with Gasteiger partial charge in [-0.25, -0.2) is 0 Å². The summed E-state index contributed by atoms with van der Waals surface area (Å²) in [5.74, 6) is -4.97. The molecule has 2 fully saturated rings. The fourth-order valence-electron chi connectivity index (χ4n) is 5.00. The van der Waals surface area contributed by atoms with E-state index in [4.69, 9.17) is 11.6 Å². The summed E-state index contributed by atoms with van der Waals surface area (Å²) < 4.78 is 59.3. The maximum absolute atomic E-state index is 14.7. The topological polar surface area (TPSA) is 65.2 Å². The van der Waals surface area contributed by atoms with Crippen LogP contribution in [0.25, 0.3) is 0 Å². The first kappa shape index (κ1) is 28.2. The molecule has 2 aliphatic rings. The van der Waals surface area contributed by atoms with Gasteiger partial charge < -0.3 is 19.9 Å². The van der Waals surface area contributed by atoms with Crippen molar-refractivity contribution in [2.45, 2.75) is 43.3 Å². The van der Waals surface area contributed by atoms with Crippen molar-refractivity contribution in [3.05, 3.63) is 64.7 Å². The van der Waals surface area contributed by atoms with Crippen LogP contribution >= 0.6 is 11.6 Å². The van der Waals surface area contributed by atoms with Gasteiger partial charge in [0.25, 0.3) is 11.8 Å². The second kappa shape index (κ2) is 10.7. The first-order valence-electron chi connectivity index (χ1n) is 12.5. The molecule has 6 nitrogen and oxygen atoms in total. The van der Waals surface area contributed by atoms with Crippen molar-refractivity contribution in [1.82, 2.24) is 10.2 Å². The second-order valence-corrected chi connectivity index (χ2v) is 10.3. The van der Waals surface area contributed by atoms with Gasteiger partial charge in [0.2, 0.25) is 5.60 Å². The van der Waals surface area contributed by atoms with E-state index in [1.54, 1.807) is 32.3 Å². The molecule has 1 N–H and O–H groups in total. The van der Waals surface area contributed by atoms with E-state index in [0.29, 0.717) is 22.9 Å². The maximum Gasteiger partial charge on any atom is 0.452 e. The van der Waals surface area contributed by atoms with Gasteiger partial charge in [0.05, 0.1) is 10.6 Å². The van der Waals surface area contributed by atoms with Crippen molar-refractivity contribution in [3.8, 4) is 0 Å². The highest BCUT2D eigenvalue weighted by Crippen LogP contribution is 2.64. The number of ether oxygens (including phenoxy) is 1. The average molecular weight is 556 g/mol. The Hall–Kier alpha value is -2.85. The molecule has 206 valence electrons. The number of alkyl halides is 4. The Balaban J connectivity index is 1.27. The third-order valence-electron chi connectivity index (χ3n) is 7.21. The lowest BCUT2D eigenvalue weighted by atomic mass is 9.91. The van der Waals surface area contributed by atoms with Gasteiger partial charge in [0, 0.05) is 39.4 Å². The lowest BCUT2D eigenvalue weighted by molar-refractivity contribution is -0.226. The Labute approximate surface area is 223 Å². The molecule has 0 radical (unpaired) electrons. The number of anilines is 1. The molecule has 2 aromatic rings. The first-order valence-corrected chi connectivity index (χ1v) is 12.8. The van der Waals surface area contributed by atoms with E-state index in [-0.39, 0.29) is 18.0 Å². The Kier molecular flexibility index (Phi) is 7.95. The molecule has 2 atom stereocenters. The molecule has 2 aliphatic heterocycles. The summed E-state index contributed by atoms with van der Waals surface area (Å²) in [4.78, 5) is 28.6. The summed E-state index contributed by atoms with van der Waals surface area (Å²) in [6.07, 6.45) is -2.25. The number of piperidine rings is 1. The van der Waals surface area contributed by atoms with Crippen LogP contribution in [-0.2, 0) is 15.1 Å². The minimum absolute atomic E-state index is 0.113. The lowest BCUT2D eigenvalue weighted by Crippen LogP contribution is -2.45. The number of carbonyl (C=O) groups excluding carboxylic acids is 2. The summed E-state index contributed by atoms with van der Waals surface area (Å²) in [6, 6.07) is 12.3. The fraction of sp³-hybridized carbons (Fsp3) is 0.481. The Bertz CT molecular complexity index is 1170. The van der Waals surface area contributed by atoms with Crippen LogP contribution in [0.5, 0.6) is 0 Å². The predicted molar refractivity (Wildman–Crippen MR) is 136 cm³/mol. The number of benzene rings is 2. The number of amides is 2. The van der Waals surface area contributed by atoms with Gasteiger partial charge in [0.1, 0.15) is 0 Å². The maximum atomic E-state index is 14.7. The van der Waals surface area contributed by atoms with E-state index in [9.17, 15) is 27.2 Å². The van der Waals surface area contributed by atoms with E-state index < -0.39 is 23.5 Å². The van der Waals surface area contributed by atoms with E-state index in [2.05, 4.69) is 15.0 Å². The molecule has 2 amide bonds. The molecule has 38 heavy (non-hydrogen) atoms. The van der Waals surface area contributed by atoms with E-state index in [1.807, 2.05) is 6.07 Å². The van der Waals surface area contributed by atoms with Crippen LogP contribution in [0, 0.1) is 5.92 Å². The fourth-order valence-corrected chi connectivity index (χ4v) is 5.25. The number of carbonyl (C=O) groups is 2. The number of nitrogens with one attached hydrogen (secondary N) is 1. The van der Waals surface area contributed by atoms with Crippen LogP contribution in [0.2, 0.25) is 5.02 Å². The zero-order valence-corrected chi connectivity index (χ0v) is 21.9. The smallest absolute Gasteiger partial charge is 0.371 e. The van der Waals surface area contributed by atoms with Crippen LogP contribution in [0.1, 0.15) is 41.6 Å². The summed E-state index contributed by atoms with van der Waals surface area (Å²) in [5, 5.41) is 2.85. The van der Waals surface area contributed by atoms with Gasteiger partial charge in [-0.15, -0.1) is 0 Å². The number of hydrogen-bond acceptors (Lipinski definition) is 4. The summed E-state index contributed by atoms with van der Waals surface area (Å²) in [6.45, 7) is 1.69. The molecule has 0 aromatic heterocycles. The van der Waals surface area contributed by atoms with Gasteiger partial charge in [-0.2, -0.15) is 17.6 Å². The first-order chi connectivity index (χ1) is 17.9. The molecule has 2 saturated heterocycles. The van der Waals surface area contributed by atoms with Crippen molar-refractivity contribution < 1.29 is 31.9 Å². The van der Waals surface area contributed by atoms with Crippen LogP contribution in [-0.4, -0.2) is 62.5 Å². The van der Waals surface area contributed by atoms with Crippen LogP contribution in [0.4, 0.5) is 23.2 Å². The number of nitrogens with zero attached hydrogens (tertiary/aromatic N) is 2. The highest BCUT2D eigenvalue weighted by Gasteiger charge is 2.89. The molecule has 2 aromatic carbocycles. The van der Waals surface area contributed by atoms with Crippen LogP contribution in [0.15, 0.2) is 48.5 Å². The van der Waals surface area contributed by atoms with E-state index in [0.717, 1.165) is 38.0 Å². The molecular weight excluding hydrogens is 526 g/mol. The Morgan fingerprint density at radius 3 is 2.34 bits per heavy atom. The standard InChI is InChI=1S/C27H30ClF4N3O3/c1-34(2)23(36)21-11-10-20(17-22(21)28)35-15-12-18(13-16-35)7-6-14-33-24(37)25(19-8-4-3-5-9-19)26(29,38-25)27(30,31)32/h3-5,8-11,17-18H,6-7,12-16H2,1-2H3,(H,33,37). The molecule has 0 aliphatic carbocycles. The lowest BCUT2D eigenvalue weighted by Gasteiger charge is -2.34. The molecule has 0 saturated carbocycles. The van der Waals surface area contributed by atoms with Gasteiger partial charge in [0.15, 0.2) is 0 Å². The van der Waals surface area contributed by atoms with Crippen molar-refractivity contribution in [1.29, 1.82) is 0 Å². The second-order valence-electron chi connectivity index (χ2n) is 9.93. The van der Waals surface area contributed by atoms with Crippen molar-refractivity contribution in [2.24, 2.45) is 5.92 Å². The highest BCUT2D eigenvalue weighted by atomic mass is 35.5. The summed E-state index contributed by atoms with van der Waals surface area (Å²) >= 11 is 6.34. The van der Waals surface area contributed by atoms with Crippen molar-refractivity contribution in [2.75, 3.05) is 38.6 Å². The summed E-state index contributed by atoms with van der Waals surface area (Å²) in [5.41, 5.74) is -1.52. The zero-order valence-electron chi connectivity index (χ0n) is 21.2. The van der Waals surface area contributed by atoms with Crippen LogP contribution in [0.3, 0.4) is 0 Å². The largest absolute Gasteiger partial charge is 0.452 e. The normalized spacial score (nSPS) is 23.7. The Morgan fingerprint density at radius 2 is 1.79 bits per heavy atom. The Morgan fingerprint density at radius 1 is 1.13 bits per heavy atom. The number of epoxide rings is 1. The molecular formula is C27H30ClF4N3O3. The van der Waals surface area contributed by atoms with Crippen molar-refractivity contribution in [3.63, 3.8) is 0 Å². The number of hydrogen-bond donors (Lipinski definition) is 1. The minimum Gasteiger partial charge on any atom is -0.371 e. The molecule has 2 heterocycles.